The second-order valence-corrected chi connectivity index (χ2v) is 5.47. The maximum atomic E-state index is 13.1. The van der Waals surface area contributed by atoms with Gasteiger partial charge in [-0.15, -0.1) is 10.2 Å². The minimum Gasteiger partial charge on any atom is -0.492 e. The maximum Gasteiger partial charge on any atom is 0.191 e. The number of aromatic nitrogens is 3. The zero-order valence-electron chi connectivity index (χ0n) is 14.5. The Kier molecular flexibility index (Phi) is 5.97. The number of fused-ring (bicyclic) bond motifs is 1. The number of hydrogen-bond donors (Lipinski definition) is 2. The van der Waals surface area contributed by atoms with Crippen LogP contribution in [0.3, 0.4) is 0 Å². The van der Waals surface area contributed by atoms with Crippen LogP contribution in [-0.2, 0) is 6.54 Å². The predicted molar refractivity (Wildman–Crippen MR) is 97.7 cm³/mol. The molecule has 2 aromatic heterocycles. The molecule has 0 aliphatic carbocycles. The summed E-state index contributed by atoms with van der Waals surface area (Å²) in [6, 6.07) is 11.8. The van der Waals surface area contributed by atoms with Gasteiger partial charge in [0.25, 0.3) is 0 Å². The molecule has 0 bridgehead atoms. The molecule has 0 saturated carbocycles. The summed E-state index contributed by atoms with van der Waals surface area (Å²) in [5.41, 5.74) is 0.791. The third-order valence-electron chi connectivity index (χ3n) is 3.57. The Morgan fingerprint density at radius 1 is 1.19 bits per heavy atom. The van der Waals surface area contributed by atoms with Crippen molar-refractivity contribution in [2.45, 2.75) is 13.5 Å². The number of ether oxygens (including phenoxy) is 1. The van der Waals surface area contributed by atoms with Crippen molar-refractivity contribution in [1.29, 1.82) is 0 Å². The first-order valence-corrected chi connectivity index (χ1v) is 8.45. The van der Waals surface area contributed by atoms with Gasteiger partial charge in [-0.25, -0.2) is 9.38 Å². The van der Waals surface area contributed by atoms with E-state index >= 15 is 0 Å². The van der Waals surface area contributed by atoms with Crippen molar-refractivity contribution in [2.24, 2.45) is 4.99 Å². The molecule has 26 heavy (non-hydrogen) atoms. The minimum absolute atomic E-state index is 0.314. The van der Waals surface area contributed by atoms with Crippen LogP contribution in [0.1, 0.15) is 12.7 Å². The van der Waals surface area contributed by atoms with Gasteiger partial charge in [-0.2, -0.15) is 0 Å². The van der Waals surface area contributed by atoms with Crippen LogP contribution in [0.4, 0.5) is 4.39 Å². The topological polar surface area (TPSA) is 75.8 Å². The third-order valence-corrected chi connectivity index (χ3v) is 3.57. The molecule has 0 atom stereocenters. The highest BCUT2D eigenvalue weighted by molar-refractivity contribution is 5.79. The SMILES string of the molecule is CCNC(=NCc1nnc2ccccn12)NCCOc1cccc(F)c1. The molecule has 0 amide bonds. The summed E-state index contributed by atoms with van der Waals surface area (Å²) in [6.07, 6.45) is 1.91. The van der Waals surface area contributed by atoms with Crippen LogP contribution in [0, 0.1) is 5.82 Å². The molecule has 0 saturated heterocycles. The molecule has 8 heteroatoms. The Bertz CT molecular complexity index is 879. The second-order valence-electron chi connectivity index (χ2n) is 5.47. The normalized spacial score (nSPS) is 11.5. The molecule has 0 aliphatic rings. The summed E-state index contributed by atoms with van der Waals surface area (Å²) in [4.78, 5) is 4.52. The van der Waals surface area contributed by atoms with Crippen LogP contribution < -0.4 is 15.4 Å². The Morgan fingerprint density at radius 2 is 2.12 bits per heavy atom. The minimum atomic E-state index is -0.314. The Morgan fingerprint density at radius 3 is 2.96 bits per heavy atom. The zero-order chi connectivity index (χ0) is 18.2. The molecule has 0 fully saturated rings. The standard InChI is InChI=1S/C18H21FN6O/c1-2-20-18(21-9-11-26-15-7-5-6-14(19)12-15)22-13-17-24-23-16-8-3-4-10-25(16)17/h3-8,10,12H,2,9,11,13H2,1H3,(H2,20,21,22). The van der Waals surface area contributed by atoms with Gasteiger partial charge in [-0.3, -0.25) is 4.40 Å². The van der Waals surface area contributed by atoms with Crippen LogP contribution in [0.5, 0.6) is 5.75 Å². The number of guanidine groups is 1. The largest absolute Gasteiger partial charge is 0.492 e. The molecule has 3 aromatic rings. The van der Waals surface area contributed by atoms with Crippen molar-refractivity contribution in [3.63, 3.8) is 0 Å². The smallest absolute Gasteiger partial charge is 0.191 e. The van der Waals surface area contributed by atoms with Gasteiger partial charge in [0.05, 0.1) is 6.54 Å². The van der Waals surface area contributed by atoms with E-state index in [0.29, 0.717) is 31.4 Å². The first-order chi connectivity index (χ1) is 12.8. The molecule has 2 heterocycles. The molecule has 0 aliphatic heterocycles. The number of aliphatic imine (C=N–C) groups is 1. The number of rotatable bonds is 7. The van der Waals surface area contributed by atoms with E-state index in [1.54, 1.807) is 12.1 Å². The Balaban J connectivity index is 1.54. The van der Waals surface area contributed by atoms with E-state index in [9.17, 15) is 4.39 Å². The van der Waals surface area contributed by atoms with Crippen LogP contribution >= 0.6 is 0 Å². The number of benzene rings is 1. The maximum absolute atomic E-state index is 13.1. The van der Waals surface area contributed by atoms with E-state index in [1.807, 2.05) is 35.7 Å². The van der Waals surface area contributed by atoms with Gasteiger partial charge in [0.1, 0.15) is 24.7 Å². The van der Waals surface area contributed by atoms with Crippen LogP contribution in [0.25, 0.3) is 5.65 Å². The van der Waals surface area contributed by atoms with Gasteiger partial charge < -0.3 is 15.4 Å². The summed E-state index contributed by atoms with van der Waals surface area (Å²) in [7, 11) is 0. The van der Waals surface area contributed by atoms with Crippen molar-refractivity contribution in [1.82, 2.24) is 25.2 Å². The highest BCUT2D eigenvalue weighted by atomic mass is 19.1. The molecular weight excluding hydrogens is 335 g/mol. The van der Waals surface area contributed by atoms with Gasteiger partial charge in [0, 0.05) is 18.8 Å². The van der Waals surface area contributed by atoms with E-state index in [-0.39, 0.29) is 5.82 Å². The van der Waals surface area contributed by atoms with E-state index in [4.69, 9.17) is 4.74 Å². The Labute approximate surface area is 150 Å². The molecule has 0 spiro atoms. The predicted octanol–water partition coefficient (Wildman–Crippen LogP) is 2.00. The van der Waals surface area contributed by atoms with E-state index in [0.717, 1.165) is 18.0 Å². The monoisotopic (exact) mass is 356 g/mol. The van der Waals surface area contributed by atoms with Crippen molar-refractivity contribution >= 4 is 11.6 Å². The fourth-order valence-corrected chi connectivity index (χ4v) is 2.39. The van der Waals surface area contributed by atoms with Crippen molar-refractivity contribution in [2.75, 3.05) is 19.7 Å². The number of pyridine rings is 1. The molecule has 2 N–H and O–H groups in total. The lowest BCUT2D eigenvalue weighted by molar-refractivity contribution is 0.320. The first kappa shape index (κ1) is 17.7. The van der Waals surface area contributed by atoms with Gasteiger partial charge in [-0.05, 0) is 31.2 Å². The lowest BCUT2D eigenvalue weighted by Gasteiger charge is -2.12. The van der Waals surface area contributed by atoms with Crippen molar-refractivity contribution in [3.05, 3.63) is 60.3 Å². The zero-order valence-corrected chi connectivity index (χ0v) is 14.5. The molecular formula is C18H21FN6O. The lowest BCUT2D eigenvalue weighted by atomic mass is 10.3. The number of nitrogens with zero attached hydrogens (tertiary/aromatic N) is 4. The van der Waals surface area contributed by atoms with Crippen LogP contribution in [-0.4, -0.2) is 40.3 Å². The molecule has 1 aromatic carbocycles. The highest BCUT2D eigenvalue weighted by Crippen LogP contribution is 2.11. The lowest BCUT2D eigenvalue weighted by Crippen LogP contribution is -2.39. The summed E-state index contributed by atoms with van der Waals surface area (Å²) >= 11 is 0. The van der Waals surface area contributed by atoms with Gasteiger partial charge >= 0.3 is 0 Å². The number of nitrogens with one attached hydrogen (secondary N) is 2. The van der Waals surface area contributed by atoms with Crippen molar-refractivity contribution in [3.8, 4) is 5.75 Å². The fraction of sp³-hybridized carbons (Fsp3) is 0.278. The number of hydrogen-bond acceptors (Lipinski definition) is 4. The quantitative estimate of drug-likeness (QED) is 0.385. The van der Waals surface area contributed by atoms with E-state index in [1.165, 1.54) is 12.1 Å². The number of halogens is 1. The molecule has 0 unspecified atom stereocenters. The summed E-state index contributed by atoms with van der Waals surface area (Å²) in [5, 5.41) is 14.6. The molecule has 136 valence electrons. The Hall–Kier alpha value is -3.16. The summed E-state index contributed by atoms with van der Waals surface area (Å²) in [5.74, 6) is 1.60. The fourth-order valence-electron chi connectivity index (χ4n) is 2.39. The highest BCUT2D eigenvalue weighted by Gasteiger charge is 2.04. The van der Waals surface area contributed by atoms with Gasteiger partial charge in [0.2, 0.25) is 0 Å². The summed E-state index contributed by atoms with van der Waals surface area (Å²) in [6.45, 7) is 4.04. The second kappa shape index (κ2) is 8.80. The molecule has 3 rings (SSSR count). The average molecular weight is 356 g/mol. The third kappa shape index (κ3) is 4.69. The average Bonchev–Trinajstić information content (AvgIpc) is 3.06. The van der Waals surface area contributed by atoms with Crippen molar-refractivity contribution < 1.29 is 9.13 Å². The molecule has 7 nitrogen and oxygen atoms in total. The van der Waals surface area contributed by atoms with E-state index < -0.39 is 0 Å². The molecule has 0 radical (unpaired) electrons. The van der Waals surface area contributed by atoms with Crippen LogP contribution in [0.15, 0.2) is 53.7 Å². The van der Waals surface area contributed by atoms with Gasteiger partial charge in [-0.1, -0.05) is 12.1 Å². The van der Waals surface area contributed by atoms with E-state index in [2.05, 4.69) is 25.8 Å². The summed E-state index contributed by atoms with van der Waals surface area (Å²) < 4.78 is 20.5. The van der Waals surface area contributed by atoms with Gasteiger partial charge in [0.15, 0.2) is 17.4 Å². The first-order valence-electron chi connectivity index (χ1n) is 8.45. The van der Waals surface area contributed by atoms with Crippen LogP contribution in [0.2, 0.25) is 0 Å².